The second-order valence-corrected chi connectivity index (χ2v) is 5.42. The molecule has 1 aliphatic rings. The second kappa shape index (κ2) is 5.61. The third-order valence-electron chi connectivity index (χ3n) is 4.14. The van der Waals surface area contributed by atoms with Gasteiger partial charge in [-0.05, 0) is 35.6 Å². The number of nitrogens with zero attached hydrogens (tertiary/aromatic N) is 1. The molecule has 0 bridgehead atoms. The molecule has 1 heterocycles. The standard InChI is InChI=1S/C17H18FNO/c18-12-13-8-10-19(11-9-13)17(20)16-7-3-5-14-4-1-2-6-15(14)16/h1-7,13H,8-12H2. The number of halogens is 1. The number of carbonyl (C=O) groups is 1. The summed E-state index contributed by atoms with van der Waals surface area (Å²) in [7, 11) is 0. The molecular formula is C17H18FNO. The SMILES string of the molecule is O=C(c1cccc2ccccc12)N1CCC(CF)CC1. The summed E-state index contributed by atoms with van der Waals surface area (Å²) in [6.07, 6.45) is 1.54. The van der Waals surface area contributed by atoms with E-state index >= 15 is 0 Å². The molecule has 0 N–H and O–H groups in total. The third kappa shape index (κ3) is 2.40. The van der Waals surface area contributed by atoms with Crippen LogP contribution in [0.25, 0.3) is 10.8 Å². The van der Waals surface area contributed by atoms with E-state index in [2.05, 4.69) is 0 Å². The molecule has 2 aromatic carbocycles. The fourth-order valence-electron chi connectivity index (χ4n) is 2.87. The Balaban J connectivity index is 1.86. The van der Waals surface area contributed by atoms with E-state index in [1.54, 1.807) is 0 Å². The lowest BCUT2D eigenvalue weighted by Gasteiger charge is -2.31. The van der Waals surface area contributed by atoms with Crippen molar-refractivity contribution in [1.82, 2.24) is 4.90 Å². The Hall–Kier alpha value is -1.90. The zero-order valence-corrected chi connectivity index (χ0v) is 11.4. The predicted molar refractivity (Wildman–Crippen MR) is 78.6 cm³/mol. The molecule has 0 saturated carbocycles. The minimum absolute atomic E-state index is 0.0686. The average molecular weight is 271 g/mol. The van der Waals surface area contributed by atoms with Crippen molar-refractivity contribution in [2.75, 3.05) is 19.8 Å². The Labute approximate surface area is 118 Å². The first kappa shape index (κ1) is 13.1. The van der Waals surface area contributed by atoms with Crippen LogP contribution in [-0.4, -0.2) is 30.6 Å². The van der Waals surface area contributed by atoms with Gasteiger partial charge in [-0.15, -0.1) is 0 Å². The number of benzene rings is 2. The van der Waals surface area contributed by atoms with Crippen LogP contribution in [0.15, 0.2) is 42.5 Å². The molecule has 0 aliphatic carbocycles. The Morgan fingerprint density at radius 1 is 1.10 bits per heavy atom. The van der Waals surface area contributed by atoms with Gasteiger partial charge < -0.3 is 4.90 Å². The van der Waals surface area contributed by atoms with E-state index in [0.29, 0.717) is 13.1 Å². The van der Waals surface area contributed by atoms with Crippen LogP contribution in [0, 0.1) is 5.92 Å². The maximum absolute atomic E-state index is 12.6. The van der Waals surface area contributed by atoms with Gasteiger partial charge in [0.15, 0.2) is 0 Å². The first-order chi connectivity index (χ1) is 9.79. The van der Waals surface area contributed by atoms with E-state index in [1.165, 1.54) is 0 Å². The molecule has 3 heteroatoms. The van der Waals surface area contributed by atoms with Crippen molar-refractivity contribution in [1.29, 1.82) is 0 Å². The average Bonchev–Trinajstić information content (AvgIpc) is 2.54. The fourth-order valence-corrected chi connectivity index (χ4v) is 2.87. The molecule has 0 spiro atoms. The van der Waals surface area contributed by atoms with Crippen molar-refractivity contribution in [3.63, 3.8) is 0 Å². The number of piperidine rings is 1. The second-order valence-electron chi connectivity index (χ2n) is 5.42. The van der Waals surface area contributed by atoms with Gasteiger partial charge in [-0.3, -0.25) is 9.18 Å². The normalized spacial score (nSPS) is 16.6. The van der Waals surface area contributed by atoms with E-state index in [9.17, 15) is 9.18 Å². The van der Waals surface area contributed by atoms with Crippen LogP contribution >= 0.6 is 0 Å². The van der Waals surface area contributed by atoms with Gasteiger partial charge in [0.2, 0.25) is 0 Å². The number of likely N-dealkylation sites (tertiary alicyclic amines) is 1. The summed E-state index contributed by atoms with van der Waals surface area (Å²) >= 11 is 0. The molecule has 0 radical (unpaired) electrons. The Morgan fingerprint density at radius 3 is 2.55 bits per heavy atom. The predicted octanol–water partition coefficient (Wildman–Crippen LogP) is 3.66. The maximum Gasteiger partial charge on any atom is 0.254 e. The van der Waals surface area contributed by atoms with Crippen molar-refractivity contribution in [3.8, 4) is 0 Å². The molecule has 20 heavy (non-hydrogen) atoms. The Kier molecular flexibility index (Phi) is 3.68. The summed E-state index contributed by atoms with van der Waals surface area (Å²) < 4.78 is 12.6. The van der Waals surface area contributed by atoms with Gasteiger partial charge in [0, 0.05) is 18.7 Å². The molecule has 2 aromatic rings. The van der Waals surface area contributed by atoms with E-state index in [4.69, 9.17) is 0 Å². The molecule has 0 aromatic heterocycles. The van der Waals surface area contributed by atoms with Crippen LogP contribution in [0.5, 0.6) is 0 Å². The van der Waals surface area contributed by atoms with Gasteiger partial charge in [0.1, 0.15) is 0 Å². The van der Waals surface area contributed by atoms with Crippen molar-refractivity contribution in [2.24, 2.45) is 5.92 Å². The Morgan fingerprint density at radius 2 is 1.80 bits per heavy atom. The number of rotatable bonds is 2. The molecule has 104 valence electrons. The third-order valence-corrected chi connectivity index (χ3v) is 4.14. The van der Waals surface area contributed by atoms with E-state index in [-0.39, 0.29) is 18.5 Å². The number of hydrogen-bond acceptors (Lipinski definition) is 1. The monoisotopic (exact) mass is 271 g/mol. The smallest absolute Gasteiger partial charge is 0.254 e. The van der Waals surface area contributed by atoms with Crippen molar-refractivity contribution >= 4 is 16.7 Å². The van der Waals surface area contributed by atoms with Gasteiger partial charge in [-0.2, -0.15) is 0 Å². The maximum atomic E-state index is 12.6. The summed E-state index contributed by atoms with van der Waals surface area (Å²) in [6, 6.07) is 13.7. The lowest BCUT2D eigenvalue weighted by atomic mass is 9.97. The molecule has 0 atom stereocenters. The highest BCUT2D eigenvalue weighted by atomic mass is 19.1. The zero-order chi connectivity index (χ0) is 13.9. The highest BCUT2D eigenvalue weighted by Gasteiger charge is 2.24. The largest absolute Gasteiger partial charge is 0.339 e. The molecule has 3 rings (SSSR count). The number of carbonyl (C=O) groups excluding carboxylic acids is 1. The Bertz CT molecular complexity index is 612. The lowest BCUT2D eigenvalue weighted by Crippen LogP contribution is -2.39. The van der Waals surface area contributed by atoms with Crippen LogP contribution in [-0.2, 0) is 0 Å². The molecule has 1 saturated heterocycles. The number of fused-ring (bicyclic) bond motifs is 1. The summed E-state index contributed by atoms with van der Waals surface area (Å²) in [5.41, 5.74) is 0.752. The van der Waals surface area contributed by atoms with Crippen LogP contribution < -0.4 is 0 Å². The summed E-state index contributed by atoms with van der Waals surface area (Å²) in [6.45, 7) is 1.06. The highest BCUT2D eigenvalue weighted by molar-refractivity contribution is 6.07. The van der Waals surface area contributed by atoms with Gasteiger partial charge in [-0.25, -0.2) is 0 Å². The molecule has 0 unspecified atom stereocenters. The van der Waals surface area contributed by atoms with Crippen LogP contribution in [0.2, 0.25) is 0 Å². The van der Waals surface area contributed by atoms with E-state index < -0.39 is 0 Å². The zero-order valence-electron chi connectivity index (χ0n) is 11.4. The van der Waals surface area contributed by atoms with Crippen LogP contribution in [0.1, 0.15) is 23.2 Å². The fraction of sp³-hybridized carbons (Fsp3) is 0.353. The molecule has 1 amide bonds. The minimum Gasteiger partial charge on any atom is -0.339 e. The van der Waals surface area contributed by atoms with Crippen LogP contribution in [0.3, 0.4) is 0 Å². The highest BCUT2D eigenvalue weighted by Crippen LogP contribution is 2.23. The van der Waals surface area contributed by atoms with E-state index in [0.717, 1.165) is 29.2 Å². The topological polar surface area (TPSA) is 20.3 Å². The van der Waals surface area contributed by atoms with E-state index in [1.807, 2.05) is 47.4 Å². The summed E-state index contributed by atoms with van der Waals surface area (Å²) in [5, 5.41) is 2.07. The van der Waals surface area contributed by atoms with Gasteiger partial charge in [0.05, 0.1) is 6.67 Å². The lowest BCUT2D eigenvalue weighted by molar-refractivity contribution is 0.0680. The molecule has 1 aliphatic heterocycles. The number of hydrogen-bond donors (Lipinski definition) is 0. The van der Waals surface area contributed by atoms with Gasteiger partial charge >= 0.3 is 0 Å². The first-order valence-electron chi connectivity index (χ1n) is 7.12. The van der Waals surface area contributed by atoms with Crippen LogP contribution in [0.4, 0.5) is 4.39 Å². The summed E-state index contributed by atoms with van der Waals surface area (Å²) in [4.78, 5) is 14.5. The first-order valence-corrected chi connectivity index (χ1v) is 7.12. The van der Waals surface area contributed by atoms with Crippen molar-refractivity contribution in [3.05, 3.63) is 48.0 Å². The van der Waals surface area contributed by atoms with Crippen molar-refractivity contribution < 1.29 is 9.18 Å². The quantitative estimate of drug-likeness (QED) is 0.816. The minimum atomic E-state index is -0.268. The van der Waals surface area contributed by atoms with Crippen molar-refractivity contribution in [2.45, 2.75) is 12.8 Å². The number of amides is 1. The summed E-state index contributed by atoms with van der Waals surface area (Å²) in [5.74, 6) is 0.200. The van der Waals surface area contributed by atoms with Gasteiger partial charge in [0.25, 0.3) is 5.91 Å². The number of alkyl halides is 1. The molecular weight excluding hydrogens is 253 g/mol. The molecule has 2 nitrogen and oxygen atoms in total. The van der Waals surface area contributed by atoms with Gasteiger partial charge in [-0.1, -0.05) is 36.4 Å². The molecule has 1 fully saturated rings.